The van der Waals surface area contributed by atoms with Crippen LogP contribution >= 0.6 is 0 Å². The van der Waals surface area contributed by atoms with Gasteiger partial charge in [0.05, 0.1) is 24.7 Å². The van der Waals surface area contributed by atoms with Crippen molar-refractivity contribution in [3.05, 3.63) is 29.8 Å². The number of nitrogens with one attached hydrogen (secondary N) is 2. The van der Waals surface area contributed by atoms with Crippen LogP contribution in [-0.4, -0.2) is 70.9 Å². The van der Waals surface area contributed by atoms with Crippen LogP contribution in [0.2, 0.25) is 0 Å². The summed E-state index contributed by atoms with van der Waals surface area (Å²) in [5.74, 6) is -0.231. The summed E-state index contributed by atoms with van der Waals surface area (Å²) in [6, 6.07) is 5.85. The zero-order valence-electron chi connectivity index (χ0n) is 15.1. The molecule has 1 amide bonds. The van der Waals surface area contributed by atoms with Gasteiger partial charge in [-0.2, -0.15) is 0 Å². The smallest absolute Gasteiger partial charge is 0.241 e. The number of rotatable bonds is 9. The van der Waals surface area contributed by atoms with E-state index in [0.29, 0.717) is 31.9 Å². The molecule has 1 saturated heterocycles. The molecule has 1 aromatic rings. The first-order valence-corrected chi connectivity index (χ1v) is 10.6. The Hall–Kier alpha value is -1.81. The predicted molar refractivity (Wildman–Crippen MR) is 99.0 cm³/mol. The van der Waals surface area contributed by atoms with Crippen molar-refractivity contribution in [1.82, 2.24) is 14.9 Å². The Bertz CT molecular complexity index is 769. The molecule has 0 bridgehead atoms. The fourth-order valence-electron chi connectivity index (χ4n) is 2.86. The van der Waals surface area contributed by atoms with Crippen LogP contribution in [0.15, 0.2) is 29.2 Å². The highest BCUT2D eigenvalue weighted by atomic mass is 32.2. The Labute approximate surface area is 159 Å². The lowest BCUT2D eigenvalue weighted by molar-refractivity contribution is -0.120. The van der Waals surface area contributed by atoms with Crippen molar-refractivity contribution in [2.75, 3.05) is 45.9 Å². The number of morpholine rings is 1. The molecule has 8 nitrogen and oxygen atoms in total. The summed E-state index contributed by atoms with van der Waals surface area (Å²) in [7, 11) is -3.80. The van der Waals surface area contributed by atoms with Crippen molar-refractivity contribution in [2.45, 2.75) is 17.7 Å². The van der Waals surface area contributed by atoms with Gasteiger partial charge in [0.2, 0.25) is 15.9 Å². The fourth-order valence-corrected chi connectivity index (χ4v) is 3.85. The number of nitrogens with zero attached hydrogens (tertiary/aromatic N) is 1. The molecule has 0 unspecified atom stereocenters. The molecule has 148 valence electrons. The average Bonchev–Trinajstić information content (AvgIpc) is 3.52. The molecule has 0 radical (unpaired) electrons. The third kappa shape index (κ3) is 5.83. The summed E-state index contributed by atoms with van der Waals surface area (Å²) >= 11 is 0. The minimum Gasteiger partial charge on any atom is -0.379 e. The summed E-state index contributed by atoms with van der Waals surface area (Å²) in [5.41, 5.74) is 0.525. The van der Waals surface area contributed by atoms with Crippen LogP contribution in [0.4, 0.5) is 0 Å². The molecule has 2 aliphatic rings. The number of ketones is 1. The Balaban J connectivity index is 1.43. The Morgan fingerprint density at radius 1 is 1.11 bits per heavy atom. The number of carbonyl (C=O) groups excluding carboxylic acids is 2. The highest BCUT2D eigenvalue weighted by Crippen LogP contribution is 2.32. The van der Waals surface area contributed by atoms with E-state index in [1.165, 1.54) is 24.3 Å². The number of hydrogen-bond donors (Lipinski definition) is 2. The highest BCUT2D eigenvalue weighted by Gasteiger charge is 2.30. The van der Waals surface area contributed by atoms with Crippen LogP contribution in [0.5, 0.6) is 0 Å². The standard InChI is InChI=1S/C18H25N3O5S/c22-17(19-7-8-21-9-11-26-12-10-21)13-20-27(24,25)16-5-3-15(4-6-16)18(23)14-1-2-14/h3-6,14,20H,1-2,7-13H2,(H,19,22). The number of sulfonamides is 1. The maximum Gasteiger partial charge on any atom is 0.241 e. The van der Waals surface area contributed by atoms with E-state index >= 15 is 0 Å². The third-order valence-electron chi connectivity index (χ3n) is 4.67. The number of benzene rings is 1. The van der Waals surface area contributed by atoms with E-state index in [2.05, 4.69) is 14.9 Å². The van der Waals surface area contributed by atoms with Gasteiger partial charge in [-0.05, 0) is 25.0 Å². The van der Waals surface area contributed by atoms with E-state index < -0.39 is 10.0 Å². The van der Waals surface area contributed by atoms with E-state index in [4.69, 9.17) is 4.74 Å². The van der Waals surface area contributed by atoms with E-state index in [1.807, 2.05) is 0 Å². The van der Waals surface area contributed by atoms with Crippen LogP contribution in [0.25, 0.3) is 0 Å². The molecule has 0 atom stereocenters. The summed E-state index contributed by atoms with van der Waals surface area (Å²) < 4.78 is 32.1. The van der Waals surface area contributed by atoms with Crippen molar-refractivity contribution in [3.63, 3.8) is 0 Å². The number of carbonyl (C=O) groups is 2. The van der Waals surface area contributed by atoms with Crippen molar-refractivity contribution < 1.29 is 22.7 Å². The van der Waals surface area contributed by atoms with Crippen LogP contribution < -0.4 is 10.0 Å². The second-order valence-corrected chi connectivity index (χ2v) is 8.56. The van der Waals surface area contributed by atoms with E-state index in [1.54, 1.807) is 0 Å². The van der Waals surface area contributed by atoms with Crippen molar-refractivity contribution in [3.8, 4) is 0 Å². The van der Waals surface area contributed by atoms with Gasteiger partial charge in [-0.1, -0.05) is 12.1 Å². The van der Waals surface area contributed by atoms with Gasteiger partial charge in [0.1, 0.15) is 0 Å². The lowest BCUT2D eigenvalue weighted by Gasteiger charge is -2.26. The zero-order valence-corrected chi connectivity index (χ0v) is 16.0. The quantitative estimate of drug-likeness (QED) is 0.571. The summed E-state index contributed by atoms with van der Waals surface area (Å²) in [4.78, 5) is 26.0. The van der Waals surface area contributed by atoms with Gasteiger partial charge in [-0.25, -0.2) is 13.1 Å². The first-order valence-electron chi connectivity index (χ1n) is 9.16. The minimum absolute atomic E-state index is 0.0379. The number of Topliss-reactive ketones (excluding diaryl/α,β-unsaturated/α-hetero) is 1. The molecule has 2 N–H and O–H groups in total. The number of hydrogen-bond acceptors (Lipinski definition) is 6. The fraction of sp³-hybridized carbons (Fsp3) is 0.556. The van der Waals surface area contributed by atoms with Crippen molar-refractivity contribution in [2.24, 2.45) is 5.92 Å². The molecule has 0 spiro atoms. The van der Waals surface area contributed by atoms with Crippen molar-refractivity contribution >= 4 is 21.7 Å². The molecule has 1 saturated carbocycles. The maximum atomic E-state index is 12.3. The predicted octanol–water partition coefficient (Wildman–Crippen LogP) is 0.00600. The van der Waals surface area contributed by atoms with Gasteiger partial charge >= 0.3 is 0 Å². The van der Waals surface area contributed by atoms with Crippen LogP contribution in [0.3, 0.4) is 0 Å². The molecule has 27 heavy (non-hydrogen) atoms. The first kappa shape index (κ1) is 19.9. The Kier molecular flexibility index (Phi) is 6.59. The molecular weight excluding hydrogens is 370 g/mol. The van der Waals surface area contributed by atoms with Crippen LogP contribution in [0, 0.1) is 5.92 Å². The highest BCUT2D eigenvalue weighted by molar-refractivity contribution is 7.89. The van der Waals surface area contributed by atoms with Crippen LogP contribution in [-0.2, 0) is 19.6 Å². The largest absolute Gasteiger partial charge is 0.379 e. The first-order chi connectivity index (χ1) is 13.0. The van der Waals surface area contributed by atoms with Gasteiger partial charge in [0, 0.05) is 37.7 Å². The maximum absolute atomic E-state index is 12.3. The van der Waals surface area contributed by atoms with E-state index in [-0.39, 0.29) is 29.0 Å². The lowest BCUT2D eigenvalue weighted by Crippen LogP contribution is -2.43. The van der Waals surface area contributed by atoms with Gasteiger partial charge in [0.25, 0.3) is 0 Å². The van der Waals surface area contributed by atoms with Gasteiger partial charge in [-0.3, -0.25) is 14.5 Å². The zero-order chi connectivity index (χ0) is 19.3. The molecule has 9 heteroatoms. The molecule has 1 aliphatic heterocycles. The molecule has 2 fully saturated rings. The molecule has 3 rings (SSSR count). The molecule has 1 aromatic carbocycles. The van der Waals surface area contributed by atoms with E-state index in [9.17, 15) is 18.0 Å². The second-order valence-electron chi connectivity index (χ2n) is 6.79. The van der Waals surface area contributed by atoms with Crippen molar-refractivity contribution in [1.29, 1.82) is 0 Å². The second kappa shape index (κ2) is 8.92. The monoisotopic (exact) mass is 395 g/mol. The summed E-state index contributed by atoms with van der Waals surface area (Å²) in [6.45, 7) is 3.89. The van der Waals surface area contributed by atoms with E-state index in [0.717, 1.165) is 25.9 Å². The number of ether oxygens (including phenoxy) is 1. The summed E-state index contributed by atoms with van der Waals surface area (Å²) in [5, 5.41) is 2.70. The Morgan fingerprint density at radius 3 is 2.41 bits per heavy atom. The minimum atomic E-state index is -3.80. The molecule has 1 aliphatic carbocycles. The Morgan fingerprint density at radius 2 is 1.78 bits per heavy atom. The van der Waals surface area contributed by atoms with Gasteiger partial charge in [0.15, 0.2) is 5.78 Å². The average molecular weight is 395 g/mol. The summed E-state index contributed by atoms with van der Waals surface area (Å²) in [6.07, 6.45) is 1.81. The SMILES string of the molecule is O=C(CNS(=O)(=O)c1ccc(C(=O)C2CC2)cc1)NCCN1CCOCC1. The van der Waals surface area contributed by atoms with Gasteiger partial charge in [-0.15, -0.1) is 0 Å². The molecule has 1 heterocycles. The normalized spacial score (nSPS) is 18.2. The van der Waals surface area contributed by atoms with Gasteiger partial charge < -0.3 is 10.1 Å². The molecular formula is C18H25N3O5S. The number of amides is 1. The third-order valence-corrected chi connectivity index (χ3v) is 6.09. The van der Waals surface area contributed by atoms with Crippen LogP contribution in [0.1, 0.15) is 23.2 Å². The lowest BCUT2D eigenvalue weighted by atomic mass is 10.1. The molecule has 0 aromatic heterocycles. The topological polar surface area (TPSA) is 105 Å².